The Kier molecular flexibility index (Phi) is 3.06. The van der Waals surface area contributed by atoms with Gasteiger partial charge in [-0.05, 0) is 24.3 Å². The highest BCUT2D eigenvalue weighted by Crippen LogP contribution is 2.29. The molecule has 0 N–H and O–H groups in total. The van der Waals surface area contributed by atoms with Gasteiger partial charge in [0.2, 0.25) is 5.90 Å². The molecule has 3 nitrogen and oxygen atoms in total. The van der Waals surface area contributed by atoms with Gasteiger partial charge in [-0.1, -0.05) is 0 Å². The maximum absolute atomic E-state index is 12.3. The van der Waals surface area contributed by atoms with Gasteiger partial charge in [0.15, 0.2) is 6.23 Å². The molecule has 0 aromatic heterocycles. The van der Waals surface area contributed by atoms with Crippen molar-refractivity contribution in [3.8, 4) is 0 Å². The first-order chi connectivity index (χ1) is 8.00. The summed E-state index contributed by atoms with van der Waals surface area (Å²) in [5.74, 6) is 0.311. The number of hydrogen-bond acceptors (Lipinski definition) is 3. The lowest BCUT2D eigenvalue weighted by atomic mass is 10.1. The summed E-state index contributed by atoms with van der Waals surface area (Å²) < 4.78 is 47.2. The van der Waals surface area contributed by atoms with Crippen molar-refractivity contribution in [3.63, 3.8) is 0 Å². The van der Waals surface area contributed by atoms with Gasteiger partial charge in [-0.25, -0.2) is 4.99 Å². The van der Waals surface area contributed by atoms with E-state index in [0.717, 1.165) is 12.1 Å². The Morgan fingerprint density at radius 2 is 1.94 bits per heavy atom. The molecular weight excluding hydrogens is 235 g/mol. The summed E-state index contributed by atoms with van der Waals surface area (Å²) in [6.07, 6.45) is -4.71. The zero-order chi connectivity index (χ0) is 12.5. The molecule has 1 heterocycles. The van der Waals surface area contributed by atoms with Gasteiger partial charge in [0.25, 0.3) is 0 Å². The van der Waals surface area contributed by atoms with Crippen LogP contribution in [0.1, 0.15) is 11.1 Å². The second-order valence-corrected chi connectivity index (χ2v) is 3.51. The van der Waals surface area contributed by atoms with Crippen LogP contribution in [0.3, 0.4) is 0 Å². The van der Waals surface area contributed by atoms with Crippen LogP contribution >= 0.6 is 0 Å². The van der Waals surface area contributed by atoms with Gasteiger partial charge in [0.1, 0.15) is 6.61 Å². The predicted octanol–water partition coefficient (Wildman–Crippen LogP) is 2.45. The van der Waals surface area contributed by atoms with E-state index < -0.39 is 11.7 Å². The SMILES string of the molecule is COC1COC(c2ccc(C(F)(F)F)cc2)=N1. The number of alkyl halides is 3. The lowest BCUT2D eigenvalue weighted by molar-refractivity contribution is -0.137. The Morgan fingerprint density at radius 1 is 1.29 bits per heavy atom. The molecule has 0 spiro atoms. The molecule has 6 heteroatoms. The van der Waals surface area contributed by atoms with Crippen molar-refractivity contribution in [2.24, 2.45) is 4.99 Å². The third-order valence-corrected chi connectivity index (χ3v) is 2.36. The van der Waals surface area contributed by atoms with Crippen molar-refractivity contribution in [1.82, 2.24) is 0 Å². The average molecular weight is 245 g/mol. The number of aliphatic imine (C=N–C) groups is 1. The predicted molar refractivity (Wildman–Crippen MR) is 54.7 cm³/mol. The van der Waals surface area contributed by atoms with Crippen LogP contribution in [0, 0.1) is 0 Å². The smallest absolute Gasteiger partial charge is 0.416 e. The monoisotopic (exact) mass is 245 g/mol. The summed E-state index contributed by atoms with van der Waals surface area (Å²) >= 11 is 0. The lowest BCUT2D eigenvalue weighted by Crippen LogP contribution is -2.08. The highest BCUT2D eigenvalue weighted by Gasteiger charge is 2.30. The number of ether oxygens (including phenoxy) is 2. The molecule has 1 unspecified atom stereocenters. The van der Waals surface area contributed by atoms with E-state index in [4.69, 9.17) is 9.47 Å². The van der Waals surface area contributed by atoms with Crippen molar-refractivity contribution < 1.29 is 22.6 Å². The third kappa shape index (κ3) is 2.58. The van der Waals surface area contributed by atoms with Crippen LogP contribution in [0.4, 0.5) is 13.2 Å². The zero-order valence-electron chi connectivity index (χ0n) is 8.99. The first kappa shape index (κ1) is 11.9. The minimum atomic E-state index is -4.33. The number of benzene rings is 1. The topological polar surface area (TPSA) is 30.8 Å². The van der Waals surface area contributed by atoms with Crippen molar-refractivity contribution in [2.75, 3.05) is 13.7 Å². The van der Waals surface area contributed by atoms with Gasteiger partial charge < -0.3 is 9.47 Å². The summed E-state index contributed by atoms with van der Waals surface area (Å²) in [4.78, 5) is 4.06. The summed E-state index contributed by atoms with van der Waals surface area (Å²) in [6.45, 7) is 0.285. The van der Waals surface area contributed by atoms with E-state index >= 15 is 0 Å². The highest BCUT2D eigenvalue weighted by molar-refractivity contribution is 5.95. The van der Waals surface area contributed by atoms with E-state index in [0.29, 0.717) is 11.5 Å². The van der Waals surface area contributed by atoms with Gasteiger partial charge in [0, 0.05) is 12.7 Å². The van der Waals surface area contributed by atoms with Crippen LogP contribution < -0.4 is 0 Å². The van der Waals surface area contributed by atoms with E-state index in [1.807, 2.05) is 0 Å². The van der Waals surface area contributed by atoms with Crippen LogP contribution in [0.15, 0.2) is 29.3 Å². The molecule has 17 heavy (non-hydrogen) atoms. The number of hydrogen-bond donors (Lipinski definition) is 0. The second kappa shape index (κ2) is 4.37. The molecular formula is C11H10F3NO2. The molecule has 0 saturated heterocycles. The minimum Gasteiger partial charge on any atom is -0.473 e. The van der Waals surface area contributed by atoms with Gasteiger partial charge >= 0.3 is 6.18 Å². The molecule has 1 aliphatic heterocycles. The molecule has 0 fully saturated rings. The maximum atomic E-state index is 12.3. The third-order valence-electron chi connectivity index (χ3n) is 2.36. The highest BCUT2D eigenvalue weighted by atomic mass is 19.4. The Hall–Kier alpha value is -1.56. The van der Waals surface area contributed by atoms with Crippen LogP contribution in [-0.2, 0) is 15.7 Å². The van der Waals surface area contributed by atoms with E-state index in [1.165, 1.54) is 19.2 Å². The second-order valence-electron chi connectivity index (χ2n) is 3.51. The lowest BCUT2D eigenvalue weighted by Gasteiger charge is -2.07. The summed E-state index contributed by atoms with van der Waals surface area (Å²) in [5, 5.41) is 0. The van der Waals surface area contributed by atoms with Crippen molar-refractivity contribution in [3.05, 3.63) is 35.4 Å². The van der Waals surface area contributed by atoms with Crippen LogP contribution in [0.25, 0.3) is 0 Å². The average Bonchev–Trinajstić information content (AvgIpc) is 2.76. The summed E-state index contributed by atoms with van der Waals surface area (Å²) in [6, 6.07) is 4.67. The molecule has 2 rings (SSSR count). The molecule has 0 aliphatic carbocycles. The molecule has 0 saturated carbocycles. The maximum Gasteiger partial charge on any atom is 0.416 e. The molecule has 1 atom stereocenters. The minimum absolute atomic E-state index is 0.285. The molecule has 0 bridgehead atoms. The van der Waals surface area contributed by atoms with Crippen molar-refractivity contribution in [1.29, 1.82) is 0 Å². The summed E-state index contributed by atoms with van der Waals surface area (Å²) in [5.41, 5.74) is -0.180. The van der Waals surface area contributed by atoms with E-state index in [2.05, 4.69) is 4.99 Å². The van der Waals surface area contributed by atoms with E-state index in [9.17, 15) is 13.2 Å². The zero-order valence-corrected chi connectivity index (χ0v) is 8.99. The van der Waals surface area contributed by atoms with Gasteiger partial charge in [-0.3, -0.25) is 0 Å². The molecule has 0 radical (unpaired) electrons. The number of rotatable bonds is 2. The van der Waals surface area contributed by atoms with Crippen molar-refractivity contribution >= 4 is 5.90 Å². The Balaban J connectivity index is 2.19. The number of halogens is 3. The van der Waals surface area contributed by atoms with Gasteiger partial charge in [-0.15, -0.1) is 0 Å². The largest absolute Gasteiger partial charge is 0.473 e. The first-order valence-electron chi connectivity index (χ1n) is 4.92. The van der Waals surface area contributed by atoms with Crippen LogP contribution in [0.5, 0.6) is 0 Å². The Bertz CT molecular complexity index is 425. The molecule has 92 valence electrons. The van der Waals surface area contributed by atoms with Crippen LogP contribution in [-0.4, -0.2) is 25.8 Å². The standard InChI is InChI=1S/C11H10F3NO2/c1-16-9-6-17-10(15-9)7-2-4-8(5-3-7)11(12,13)14/h2-5,9H,6H2,1H3. The molecule has 0 amide bonds. The molecule has 1 aliphatic rings. The fourth-order valence-electron chi connectivity index (χ4n) is 1.44. The first-order valence-corrected chi connectivity index (χ1v) is 4.92. The molecule has 1 aromatic rings. The number of nitrogens with zero attached hydrogens (tertiary/aromatic N) is 1. The summed E-state index contributed by atoms with van der Waals surface area (Å²) in [7, 11) is 1.49. The van der Waals surface area contributed by atoms with Gasteiger partial charge in [0.05, 0.1) is 5.56 Å². The fourth-order valence-corrected chi connectivity index (χ4v) is 1.44. The molecule has 1 aromatic carbocycles. The normalized spacial score (nSPS) is 20.0. The Morgan fingerprint density at radius 3 is 2.41 bits per heavy atom. The van der Waals surface area contributed by atoms with E-state index in [1.54, 1.807) is 0 Å². The van der Waals surface area contributed by atoms with Gasteiger partial charge in [-0.2, -0.15) is 13.2 Å². The van der Waals surface area contributed by atoms with Crippen molar-refractivity contribution in [2.45, 2.75) is 12.4 Å². The quantitative estimate of drug-likeness (QED) is 0.801. The Labute approximate surface area is 95.9 Å². The number of methoxy groups -OCH3 is 1. The van der Waals surface area contributed by atoms with Crippen LogP contribution in [0.2, 0.25) is 0 Å². The fraction of sp³-hybridized carbons (Fsp3) is 0.364. The van der Waals surface area contributed by atoms with E-state index in [-0.39, 0.29) is 12.8 Å².